The second-order valence-electron chi connectivity index (χ2n) is 8.73. The maximum Gasteiger partial charge on any atom is 0.321 e. The third-order valence-electron chi connectivity index (χ3n) is 6.45. The van der Waals surface area contributed by atoms with Crippen molar-refractivity contribution in [3.05, 3.63) is 114 Å². The highest BCUT2D eigenvalue weighted by Gasteiger charge is 2.48. The Kier molecular flexibility index (Phi) is 7.65. The van der Waals surface area contributed by atoms with Crippen LogP contribution in [0.3, 0.4) is 0 Å². The number of hydrogen-bond acceptors (Lipinski definition) is 6. The molecule has 4 aromatic rings. The van der Waals surface area contributed by atoms with Gasteiger partial charge in [-0.05, 0) is 52.7 Å². The van der Waals surface area contributed by atoms with Crippen molar-refractivity contribution < 1.29 is 23.8 Å². The van der Waals surface area contributed by atoms with Crippen molar-refractivity contribution >= 4 is 28.7 Å². The highest BCUT2D eigenvalue weighted by molar-refractivity contribution is 8.15. The summed E-state index contributed by atoms with van der Waals surface area (Å²) in [6.07, 6.45) is 0. The first-order valence-corrected chi connectivity index (χ1v) is 13.0. The van der Waals surface area contributed by atoms with Gasteiger partial charge in [0.2, 0.25) is 0 Å². The predicted molar refractivity (Wildman–Crippen MR) is 150 cm³/mol. The molecule has 38 heavy (non-hydrogen) atoms. The zero-order valence-electron chi connectivity index (χ0n) is 21.1. The molecule has 0 unspecified atom stereocenters. The molecule has 1 fully saturated rings. The molecule has 192 valence electrons. The van der Waals surface area contributed by atoms with Gasteiger partial charge in [0, 0.05) is 17.3 Å². The Hall–Kier alpha value is -4.23. The molecule has 0 aromatic heterocycles. The fourth-order valence-corrected chi connectivity index (χ4v) is 5.67. The van der Waals surface area contributed by atoms with Crippen LogP contribution in [0.5, 0.6) is 11.5 Å². The number of ether oxygens (including phenoxy) is 3. The molecule has 1 amide bonds. The highest BCUT2D eigenvalue weighted by Crippen LogP contribution is 2.48. The lowest BCUT2D eigenvalue weighted by atomic mass is 9.99. The summed E-state index contributed by atoms with van der Waals surface area (Å²) in [4.78, 5) is 27.9. The molecule has 1 heterocycles. The SMILES string of the molecule is COC(=O)[C@H]1SC(=O)N(c2ccc(-c3ccccc3)cc2)[C@@H]1c1ccc(OC)cc1OCc1ccccc1. The molecule has 0 radical (unpaired) electrons. The lowest BCUT2D eigenvalue weighted by Gasteiger charge is -2.28. The van der Waals surface area contributed by atoms with E-state index in [-0.39, 0.29) is 5.24 Å². The summed E-state index contributed by atoms with van der Waals surface area (Å²) in [5, 5.41) is -1.00. The van der Waals surface area contributed by atoms with Gasteiger partial charge in [0.15, 0.2) is 0 Å². The molecule has 4 aromatic carbocycles. The lowest BCUT2D eigenvalue weighted by Crippen LogP contribution is -2.33. The number of carbonyl (C=O) groups excluding carboxylic acids is 2. The van der Waals surface area contributed by atoms with E-state index in [0.717, 1.165) is 28.5 Å². The summed E-state index contributed by atoms with van der Waals surface area (Å²) in [7, 11) is 2.92. The van der Waals surface area contributed by atoms with Crippen LogP contribution >= 0.6 is 11.8 Å². The van der Waals surface area contributed by atoms with Gasteiger partial charge in [-0.2, -0.15) is 0 Å². The van der Waals surface area contributed by atoms with Crippen LogP contribution in [0, 0.1) is 0 Å². The second kappa shape index (κ2) is 11.4. The molecule has 1 saturated heterocycles. The Morgan fingerprint density at radius 1 is 0.842 bits per heavy atom. The number of nitrogens with zero attached hydrogens (tertiary/aromatic N) is 1. The van der Waals surface area contributed by atoms with Gasteiger partial charge in [-0.3, -0.25) is 14.5 Å². The van der Waals surface area contributed by atoms with Gasteiger partial charge in [0.1, 0.15) is 23.4 Å². The van der Waals surface area contributed by atoms with Gasteiger partial charge in [-0.25, -0.2) is 0 Å². The van der Waals surface area contributed by atoms with E-state index in [1.165, 1.54) is 7.11 Å². The second-order valence-corrected chi connectivity index (χ2v) is 9.83. The number of esters is 1. The smallest absolute Gasteiger partial charge is 0.321 e. The van der Waals surface area contributed by atoms with Crippen molar-refractivity contribution in [3.8, 4) is 22.6 Å². The van der Waals surface area contributed by atoms with E-state index < -0.39 is 17.3 Å². The van der Waals surface area contributed by atoms with Crippen molar-refractivity contribution in [3.63, 3.8) is 0 Å². The molecule has 0 N–H and O–H groups in total. The average molecular weight is 526 g/mol. The number of benzene rings is 4. The molecule has 2 atom stereocenters. The molecular formula is C31H27NO5S. The van der Waals surface area contributed by atoms with Crippen LogP contribution in [0.25, 0.3) is 11.1 Å². The zero-order chi connectivity index (χ0) is 26.5. The van der Waals surface area contributed by atoms with Gasteiger partial charge in [-0.15, -0.1) is 0 Å². The van der Waals surface area contributed by atoms with Crippen molar-refractivity contribution in [2.24, 2.45) is 0 Å². The minimum absolute atomic E-state index is 0.234. The van der Waals surface area contributed by atoms with E-state index in [1.54, 1.807) is 18.1 Å². The Morgan fingerprint density at radius 3 is 2.16 bits per heavy atom. The Balaban J connectivity index is 1.54. The topological polar surface area (TPSA) is 65.1 Å². The molecule has 1 aliphatic rings. The average Bonchev–Trinajstić information content (AvgIpc) is 3.33. The van der Waals surface area contributed by atoms with Crippen LogP contribution < -0.4 is 14.4 Å². The molecule has 6 nitrogen and oxygen atoms in total. The third-order valence-corrected chi connectivity index (χ3v) is 7.55. The number of thioether (sulfide) groups is 1. The first-order valence-electron chi connectivity index (χ1n) is 12.2. The van der Waals surface area contributed by atoms with Crippen LogP contribution in [0.4, 0.5) is 10.5 Å². The van der Waals surface area contributed by atoms with Crippen molar-refractivity contribution in [1.82, 2.24) is 0 Å². The van der Waals surface area contributed by atoms with Gasteiger partial charge in [0.25, 0.3) is 5.24 Å². The van der Waals surface area contributed by atoms with E-state index in [4.69, 9.17) is 14.2 Å². The van der Waals surface area contributed by atoms with E-state index in [9.17, 15) is 9.59 Å². The van der Waals surface area contributed by atoms with Crippen molar-refractivity contribution in [2.75, 3.05) is 19.1 Å². The number of anilines is 1. The van der Waals surface area contributed by atoms with E-state index in [1.807, 2.05) is 97.1 Å². The maximum absolute atomic E-state index is 13.4. The molecular weight excluding hydrogens is 498 g/mol. The van der Waals surface area contributed by atoms with Crippen molar-refractivity contribution in [2.45, 2.75) is 17.9 Å². The third kappa shape index (κ3) is 5.24. The molecule has 0 spiro atoms. The van der Waals surface area contributed by atoms with Gasteiger partial charge in [-0.1, -0.05) is 72.8 Å². The molecule has 0 saturated carbocycles. The summed E-state index contributed by atoms with van der Waals surface area (Å²) in [6, 6.07) is 32.4. The summed E-state index contributed by atoms with van der Waals surface area (Å²) in [5.74, 6) is 0.678. The number of methoxy groups -OCH3 is 2. The maximum atomic E-state index is 13.4. The minimum Gasteiger partial charge on any atom is -0.497 e. The van der Waals surface area contributed by atoms with Crippen molar-refractivity contribution in [1.29, 1.82) is 0 Å². The Morgan fingerprint density at radius 2 is 1.50 bits per heavy atom. The van der Waals surface area contributed by atoms with Gasteiger partial charge in [0.05, 0.1) is 20.3 Å². The number of amides is 1. The first kappa shape index (κ1) is 25.4. The number of rotatable bonds is 8. The summed E-state index contributed by atoms with van der Waals surface area (Å²) in [6.45, 7) is 0.323. The van der Waals surface area contributed by atoms with E-state index in [0.29, 0.717) is 29.4 Å². The lowest BCUT2D eigenvalue weighted by molar-refractivity contribution is -0.140. The minimum atomic E-state index is -0.770. The highest BCUT2D eigenvalue weighted by atomic mass is 32.2. The first-order chi connectivity index (χ1) is 18.6. The summed E-state index contributed by atoms with van der Waals surface area (Å²) >= 11 is 0.963. The predicted octanol–water partition coefficient (Wildman–Crippen LogP) is 6.90. The van der Waals surface area contributed by atoms with Crippen LogP contribution in [-0.4, -0.2) is 30.7 Å². The van der Waals surface area contributed by atoms with Crippen LogP contribution in [-0.2, 0) is 16.1 Å². The Labute approximate surface area is 226 Å². The molecule has 1 aliphatic heterocycles. The van der Waals surface area contributed by atoms with Crippen LogP contribution in [0.15, 0.2) is 103 Å². The number of hydrogen-bond donors (Lipinski definition) is 0. The monoisotopic (exact) mass is 525 g/mol. The summed E-state index contributed by atoms with van der Waals surface area (Å²) in [5.41, 5.74) is 4.49. The van der Waals surface area contributed by atoms with Crippen LogP contribution in [0.2, 0.25) is 0 Å². The molecule has 0 bridgehead atoms. The normalized spacial score (nSPS) is 16.8. The van der Waals surface area contributed by atoms with E-state index in [2.05, 4.69) is 0 Å². The molecule has 5 rings (SSSR count). The fourth-order valence-electron chi connectivity index (χ4n) is 4.53. The standard InChI is InChI=1S/C31H27NO5S/c1-35-25-17-18-26(27(19-25)37-20-21-9-5-3-6-10-21)28-29(30(33)36-2)38-31(34)32(28)24-15-13-23(14-16-24)22-11-7-4-8-12-22/h3-19,28-29H,20H2,1-2H3/t28-,29+/m1/s1. The molecule has 0 aliphatic carbocycles. The van der Waals surface area contributed by atoms with E-state index >= 15 is 0 Å². The molecule has 7 heteroatoms. The van der Waals surface area contributed by atoms with Gasteiger partial charge >= 0.3 is 5.97 Å². The van der Waals surface area contributed by atoms with Gasteiger partial charge < -0.3 is 14.2 Å². The Bertz CT molecular complexity index is 1410. The number of carbonyl (C=O) groups is 2. The largest absolute Gasteiger partial charge is 0.497 e. The summed E-state index contributed by atoms with van der Waals surface area (Å²) < 4.78 is 16.8. The van der Waals surface area contributed by atoms with Crippen LogP contribution in [0.1, 0.15) is 17.2 Å². The quantitative estimate of drug-likeness (QED) is 0.233. The zero-order valence-corrected chi connectivity index (χ0v) is 21.9. The fraction of sp³-hybridized carbons (Fsp3) is 0.161.